The van der Waals surface area contributed by atoms with Gasteiger partial charge in [-0.05, 0) is 41.8 Å². The van der Waals surface area contributed by atoms with Gasteiger partial charge >= 0.3 is 5.97 Å². The van der Waals surface area contributed by atoms with Crippen molar-refractivity contribution in [3.05, 3.63) is 70.5 Å². The number of aromatic carboxylic acids is 1. The average molecular weight is 258 g/mol. The van der Waals surface area contributed by atoms with Crippen molar-refractivity contribution in [1.82, 2.24) is 0 Å². The van der Waals surface area contributed by atoms with E-state index in [2.05, 4.69) is 0 Å². The molecule has 0 aliphatic rings. The molecule has 0 saturated heterocycles. The van der Waals surface area contributed by atoms with Crippen LogP contribution in [0.4, 0.5) is 4.39 Å². The molecule has 0 atom stereocenters. The number of carbonyl (C=O) groups is 2. The minimum Gasteiger partial charge on any atom is -0.478 e. The maximum absolute atomic E-state index is 13.4. The molecule has 19 heavy (non-hydrogen) atoms. The SMILES string of the molecule is O=Cc1ccc(Cc2ccc(C(=O)O)cc2)cc1F. The van der Waals surface area contributed by atoms with Gasteiger partial charge in [-0.25, -0.2) is 9.18 Å². The third kappa shape index (κ3) is 3.04. The molecule has 0 bridgehead atoms. The maximum Gasteiger partial charge on any atom is 0.335 e. The molecule has 0 aromatic heterocycles. The number of hydrogen-bond acceptors (Lipinski definition) is 2. The Morgan fingerprint density at radius 1 is 1.11 bits per heavy atom. The van der Waals surface area contributed by atoms with E-state index in [0.29, 0.717) is 12.7 Å². The lowest BCUT2D eigenvalue weighted by molar-refractivity contribution is 0.0696. The van der Waals surface area contributed by atoms with Gasteiger partial charge in [0.15, 0.2) is 6.29 Å². The zero-order valence-corrected chi connectivity index (χ0v) is 9.97. The van der Waals surface area contributed by atoms with Crippen LogP contribution in [0.3, 0.4) is 0 Å². The van der Waals surface area contributed by atoms with Crippen molar-refractivity contribution in [2.45, 2.75) is 6.42 Å². The van der Waals surface area contributed by atoms with Gasteiger partial charge in [-0.2, -0.15) is 0 Å². The molecule has 0 spiro atoms. The summed E-state index contributed by atoms with van der Waals surface area (Å²) in [5.41, 5.74) is 1.85. The van der Waals surface area contributed by atoms with Crippen LogP contribution in [0.15, 0.2) is 42.5 Å². The highest BCUT2D eigenvalue weighted by molar-refractivity contribution is 5.87. The Balaban J connectivity index is 2.19. The minimum absolute atomic E-state index is 0.0324. The molecule has 3 nitrogen and oxygen atoms in total. The smallest absolute Gasteiger partial charge is 0.335 e. The molecule has 96 valence electrons. The van der Waals surface area contributed by atoms with E-state index in [4.69, 9.17) is 5.11 Å². The molecule has 0 radical (unpaired) electrons. The van der Waals surface area contributed by atoms with Crippen LogP contribution < -0.4 is 0 Å². The van der Waals surface area contributed by atoms with Crippen LogP contribution in [0.5, 0.6) is 0 Å². The number of hydrogen-bond donors (Lipinski definition) is 1. The van der Waals surface area contributed by atoms with Crippen LogP contribution in [0, 0.1) is 5.82 Å². The van der Waals surface area contributed by atoms with Crippen molar-refractivity contribution < 1.29 is 19.1 Å². The monoisotopic (exact) mass is 258 g/mol. The Morgan fingerprint density at radius 3 is 2.26 bits per heavy atom. The van der Waals surface area contributed by atoms with Crippen LogP contribution in [0.2, 0.25) is 0 Å². The second-order valence-electron chi connectivity index (χ2n) is 4.15. The fraction of sp³-hybridized carbons (Fsp3) is 0.0667. The van der Waals surface area contributed by atoms with Crippen LogP contribution in [0.1, 0.15) is 31.8 Å². The number of benzene rings is 2. The van der Waals surface area contributed by atoms with Crippen LogP contribution in [0.25, 0.3) is 0 Å². The molecule has 0 aliphatic carbocycles. The lowest BCUT2D eigenvalue weighted by Gasteiger charge is -2.04. The van der Waals surface area contributed by atoms with Crippen molar-refractivity contribution >= 4 is 12.3 Å². The summed E-state index contributed by atoms with van der Waals surface area (Å²) >= 11 is 0. The van der Waals surface area contributed by atoms with Gasteiger partial charge in [0.25, 0.3) is 0 Å². The first-order valence-electron chi connectivity index (χ1n) is 5.66. The molecule has 4 heteroatoms. The Morgan fingerprint density at radius 2 is 1.74 bits per heavy atom. The van der Waals surface area contributed by atoms with Crippen LogP contribution in [-0.2, 0) is 6.42 Å². The normalized spacial score (nSPS) is 10.2. The summed E-state index contributed by atoms with van der Waals surface area (Å²) in [6.45, 7) is 0. The highest BCUT2D eigenvalue weighted by Gasteiger charge is 2.05. The van der Waals surface area contributed by atoms with Crippen molar-refractivity contribution in [2.75, 3.05) is 0 Å². The fourth-order valence-corrected chi connectivity index (χ4v) is 1.78. The third-order valence-corrected chi connectivity index (χ3v) is 2.80. The molecule has 2 aromatic carbocycles. The first kappa shape index (κ1) is 13.0. The van der Waals surface area contributed by atoms with Crippen molar-refractivity contribution in [3.8, 4) is 0 Å². The van der Waals surface area contributed by atoms with E-state index in [-0.39, 0.29) is 11.1 Å². The van der Waals surface area contributed by atoms with E-state index in [1.165, 1.54) is 24.3 Å². The van der Waals surface area contributed by atoms with Gasteiger partial charge in [-0.3, -0.25) is 4.79 Å². The number of aldehydes is 1. The average Bonchev–Trinajstić information content (AvgIpc) is 2.39. The largest absolute Gasteiger partial charge is 0.478 e. The summed E-state index contributed by atoms with van der Waals surface area (Å²) in [5.74, 6) is -1.53. The van der Waals surface area contributed by atoms with Gasteiger partial charge < -0.3 is 5.11 Å². The lowest BCUT2D eigenvalue weighted by Crippen LogP contribution is -1.97. The number of rotatable bonds is 4. The number of carboxylic acid groups (broad SMARTS) is 1. The van der Waals surface area contributed by atoms with E-state index in [9.17, 15) is 14.0 Å². The molecule has 0 heterocycles. The highest BCUT2D eigenvalue weighted by atomic mass is 19.1. The van der Waals surface area contributed by atoms with E-state index in [1.54, 1.807) is 18.2 Å². The molecule has 0 unspecified atom stereocenters. The van der Waals surface area contributed by atoms with Crippen molar-refractivity contribution in [2.24, 2.45) is 0 Å². The summed E-state index contributed by atoms with van der Waals surface area (Å²) in [6, 6.07) is 10.8. The standard InChI is InChI=1S/C15H11FO3/c16-14-8-11(3-6-13(14)9-17)7-10-1-4-12(5-2-10)15(18)19/h1-6,8-9H,7H2,(H,18,19). The second kappa shape index (κ2) is 5.44. The van der Waals surface area contributed by atoms with Gasteiger partial charge in [0.2, 0.25) is 0 Å². The Hall–Kier alpha value is -2.49. The first-order valence-corrected chi connectivity index (χ1v) is 5.66. The number of halogens is 1. The van der Waals surface area contributed by atoms with Crippen LogP contribution >= 0.6 is 0 Å². The van der Waals surface area contributed by atoms with Crippen LogP contribution in [-0.4, -0.2) is 17.4 Å². The molecule has 0 aliphatic heterocycles. The topological polar surface area (TPSA) is 54.4 Å². The van der Waals surface area contributed by atoms with E-state index >= 15 is 0 Å². The molecule has 2 rings (SSSR count). The van der Waals surface area contributed by atoms with Gasteiger partial charge in [-0.15, -0.1) is 0 Å². The van der Waals surface area contributed by atoms with E-state index in [0.717, 1.165) is 11.1 Å². The Kier molecular flexibility index (Phi) is 3.71. The zero-order valence-electron chi connectivity index (χ0n) is 9.97. The maximum atomic E-state index is 13.4. The quantitative estimate of drug-likeness (QED) is 0.858. The highest BCUT2D eigenvalue weighted by Crippen LogP contribution is 2.14. The predicted molar refractivity (Wildman–Crippen MR) is 68.0 cm³/mol. The molecule has 0 amide bonds. The molecular weight excluding hydrogens is 247 g/mol. The van der Waals surface area contributed by atoms with Gasteiger partial charge in [0, 0.05) is 0 Å². The molecular formula is C15H11FO3. The Labute approximate surface area is 109 Å². The number of carboxylic acids is 1. The molecule has 1 N–H and O–H groups in total. The van der Waals surface area contributed by atoms with Crippen molar-refractivity contribution in [1.29, 1.82) is 0 Å². The summed E-state index contributed by atoms with van der Waals surface area (Å²) in [7, 11) is 0. The number of carbonyl (C=O) groups excluding carboxylic acids is 1. The summed E-state index contributed by atoms with van der Waals surface area (Å²) in [5, 5.41) is 8.78. The molecule has 2 aromatic rings. The summed E-state index contributed by atoms with van der Waals surface area (Å²) in [6.07, 6.45) is 0.955. The fourth-order valence-electron chi connectivity index (χ4n) is 1.78. The second-order valence-corrected chi connectivity index (χ2v) is 4.15. The summed E-state index contributed by atoms with van der Waals surface area (Å²) < 4.78 is 13.4. The summed E-state index contributed by atoms with van der Waals surface area (Å²) in [4.78, 5) is 21.2. The predicted octanol–water partition coefficient (Wildman–Crippen LogP) is 2.93. The zero-order chi connectivity index (χ0) is 13.8. The van der Waals surface area contributed by atoms with Gasteiger partial charge in [-0.1, -0.05) is 18.2 Å². The van der Waals surface area contributed by atoms with Crippen molar-refractivity contribution in [3.63, 3.8) is 0 Å². The first-order chi connectivity index (χ1) is 9.10. The van der Waals surface area contributed by atoms with E-state index < -0.39 is 11.8 Å². The lowest BCUT2D eigenvalue weighted by atomic mass is 10.0. The van der Waals surface area contributed by atoms with Gasteiger partial charge in [0.05, 0.1) is 11.1 Å². The molecule has 0 saturated carbocycles. The molecule has 0 fully saturated rings. The third-order valence-electron chi connectivity index (χ3n) is 2.80. The van der Waals surface area contributed by atoms with Gasteiger partial charge in [0.1, 0.15) is 5.82 Å². The minimum atomic E-state index is -0.979. The van der Waals surface area contributed by atoms with E-state index in [1.807, 2.05) is 0 Å². The Bertz CT molecular complexity index is 618.